The third-order valence-corrected chi connectivity index (χ3v) is 4.61. The Hall–Kier alpha value is -0.610. The van der Waals surface area contributed by atoms with Crippen LogP contribution in [0.2, 0.25) is 0 Å². The first kappa shape index (κ1) is 13.8. The molecule has 2 fully saturated rings. The molecule has 0 bridgehead atoms. The van der Waals surface area contributed by atoms with E-state index in [1.807, 2.05) is 6.92 Å². The highest BCUT2D eigenvalue weighted by molar-refractivity contribution is 5.74. The summed E-state index contributed by atoms with van der Waals surface area (Å²) in [5, 5.41) is 9.24. The van der Waals surface area contributed by atoms with E-state index in [2.05, 4.69) is 18.7 Å². The number of carboxylic acids is 1. The minimum absolute atomic E-state index is 0.325. The molecule has 104 valence electrons. The van der Waals surface area contributed by atoms with E-state index in [0.717, 1.165) is 38.8 Å². The molecule has 2 heterocycles. The van der Waals surface area contributed by atoms with Crippen molar-refractivity contribution >= 4 is 5.97 Å². The van der Waals surface area contributed by atoms with E-state index in [1.54, 1.807) is 0 Å². The quantitative estimate of drug-likeness (QED) is 0.821. The molecule has 18 heavy (non-hydrogen) atoms. The molecule has 1 N–H and O–H groups in total. The Balaban J connectivity index is 1.91. The smallest absolute Gasteiger partial charge is 0.309 e. The van der Waals surface area contributed by atoms with Gasteiger partial charge in [0.05, 0.1) is 17.6 Å². The average molecular weight is 255 g/mol. The molecule has 0 aliphatic carbocycles. The normalized spacial score (nSPS) is 37.4. The van der Waals surface area contributed by atoms with Crippen LogP contribution in [0.4, 0.5) is 0 Å². The molecule has 0 amide bonds. The first-order chi connectivity index (χ1) is 8.40. The molecule has 0 spiro atoms. The van der Waals surface area contributed by atoms with Gasteiger partial charge in [-0.05, 0) is 59.5 Å². The van der Waals surface area contributed by atoms with Crippen LogP contribution in [-0.4, -0.2) is 47.3 Å². The highest BCUT2D eigenvalue weighted by Gasteiger charge is 2.39. The van der Waals surface area contributed by atoms with E-state index < -0.39 is 11.4 Å². The van der Waals surface area contributed by atoms with Crippen molar-refractivity contribution in [1.82, 2.24) is 4.90 Å². The van der Waals surface area contributed by atoms with Crippen LogP contribution in [0.25, 0.3) is 0 Å². The summed E-state index contributed by atoms with van der Waals surface area (Å²) < 4.78 is 5.77. The van der Waals surface area contributed by atoms with Crippen molar-refractivity contribution in [2.24, 2.45) is 5.41 Å². The highest BCUT2D eigenvalue weighted by Crippen LogP contribution is 2.34. The van der Waals surface area contributed by atoms with E-state index in [-0.39, 0.29) is 0 Å². The van der Waals surface area contributed by atoms with Gasteiger partial charge in [-0.25, -0.2) is 0 Å². The van der Waals surface area contributed by atoms with Gasteiger partial charge in [0, 0.05) is 6.04 Å². The summed E-state index contributed by atoms with van der Waals surface area (Å²) in [6, 6.07) is 0.571. The SMILES string of the molecule is CC1CC(N2CCC(C)(C(=O)O)CC2)CC(C)O1. The van der Waals surface area contributed by atoms with E-state index in [9.17, 15) is 9.90 Å². The van der Waals surface area contributed by atoms with Crippen LogP contribution >= 0.6 is 0 Å². The fourth-order valence-electron chi connectivity index (χ4n) is 3.26. The third-order valence-electron chi connectivity index (χ3n) is 4.61. The van der Waals surface area contributed by atoms with Crippen LogP contribution < -0.4 is 0 Å². The first-order valence-electron chi connectivity index (χ1n) is 7.03. The zero-order valence-corrected chi connectivity index (χ0v) is 11.7. The molecule has 0 saturated carbocycles. The summed E-state index contributed by atoms with van der Waals surface area (Å²) in [5.74, 6) is -0.643. The zero-order chi connectivity index (χ0) is 13.3. The van der Waals surface area contributed by atoms with E-state index in [1.165, 1.54) is 0 Å². The number of rotatable bonds is 2. The summed E-state index contributed by atoms with van der Waals surface area (Å²) in [4.78, 5) is 13.7. The van der Waals surface area contributed by atoms with Gasteiger partial charge >= 0.3 is 5.97 Å². The van der Waals surface area contributed by atoms with Crippen molar-refractivity contribution in [2.75, 3.05) is 13.1 Å². The maximum atomic E-state index is 11.2. The number of likely N-dealkylation sites (tertiary alicyclic amines) is 1. The molecule has 0 radical (unpaired) electrons. The molecule has 0 aromatic carbocycles. The van der Waals surface area contributed by atoms with Gasteiger partial charge in [-0.1, -0.05) is 0 Å². The van der Waals surface area contributed by atoms with Gasteiger partial charge in [0.2, 0.25) is 0 Å². The molecule has 2 aliphatic heterocycles. The molecule has 2 atom stereocenters. The lowest BCUT2D eigenvalue weighted by atomic mass is 9.79. The predicted octanol–water partition coefficient (Wildman–Crippen LogP) is 2.13. The number of aliphatic carboxylic acids is 1. The Morgan fingerprint density at radius 3 is 2.17 bits per heavy atom. The molecule has 0 aromatic rings. The van der Waals surface area contributed by atoms with Crippen molar-refractivity contribution in [3.8, 4) is 0 Å². The summed E-state index contributed by atoms with van der Waals surface area (Å²) in [7, 11) is 0. The van der Waals surface area contributed by atoms with Gasteiger partial charge in [-0.3, -0.25) is 4.79 Å². The number of carboxylic acid groups (broad SMARTS) is 1. The Morgan fingerprint density at radius 1 is 1.22 bits per heavy atom. The number of hydrogen-bond donors (Lipinski definition) is 1. The lowest BCUT2D eigenvalue weighted by Crippen LogP contribution is -2.50. The van der Waals surface area contributed by atoms with Gasteiger partial charge in [0.1, 0.15) is 0 Å². The molecular weight excluding hydrogens is 230 g/mol. The minimum Gasteiger partial charge on any atom is -0.481 e. The average Bonchev–Trinajstić information content (AvgIpc) is 2.28. The topological polar surface area (TPSA) is 49.8 Å². The Morgan fingerprint density at radius 2 is 1.72 bits per heavy atom. The van der Waals surface area contributed by atoms with Crippen LogP contribution in [0.1, 0.15) is 46.5 Å². The van der Waals surface area contributed by atoms with Gasteiger partial charge < -0.3 is 14.7 Å². The summed E-state index contributed by atoms with van der Waals surface area (Å²) in [5.41, 5.74) is -0.515. The Bertz CT molecular complexity index is 300. The summed E-state index contributed by atoms with van der Waals surface area (Å²) in [6.07, 6.45) is 4.34. The lowest BCUT2D eigenvalue weighted by Gasteiger charge is -2.44. The van der Waals surface area contributed by atoms with E-state index in [0.29, 0.717) is 18.2 Å². The van der Waals surface area contributed by atoms with Crippen LogP contribution in [0.3, 0.4) is 0 Å². The van der Waals surface area contributed by atoms with Crippen LogP contribution in [0.5, 0.6) is 0 Å². The maximum Gasteiger partial charge on any atom is 0.309 e. The predicted molar refractivity (Wildman–Crippen MR) is 69.6 cm³/mol. The molecule has 2 unspecified atom stereocenters. The molecule has 0 aromatic heterocycles. The van der Waals surface area contributed by atoms with Crippen LogP contribution in [0, 0.1) is 5.41 Å². The second-order valence-electron chi connectivity index (χ2n) is 6.28. The van der Waals surface area contributed by atoms with Crippen molar-refractivity contribution in [2.45, 2.75) is 64.7 Å². The number of ether oxygens (including phenoxy) is 1. The second kappa shape index (κ2) is 5.17. The summed E-state index contributed by atoms with van der Waals surface area (Å²) in [6.45, 7) is 7.96. The van der Waals surface area contributed by atoms with Gasteiger partial charge in [0.25, 0.3) is 0 Å². The molecule has 2 saturated heterocycles. The highest BCUT2D eigenvalue weighted by atomic mass is 16.5. The third kappa shape index (κ3) is 2.86. The molecular formula is C14H25NO3. The molecule has 2 aliphatic rings. The Labute approximate surface area is 109 Å². The fourth-order valence-corrected chi connectivity index (χ4v) is 3.26. The minimum atomic E-state index is -0.643. The monoisotopic (exact) mass is 255 g/mol. The second-order valence-corrected chi connectivity index (χ2v) is 6.28. The van der Waals surface area contributed by atoms with Crippen molar-refractivity contribution in [1.29, 1.82) is 0 Å². The van der Waals surface area contributed by atoms with Crippen molar-refractivity contribution in [3.63, 3.8) is 0 Å². The first-order valence-corrected chi connectivity index (χ1v) is 7.03. The van der Waals surface area contributed by atoms with Gasteiger partial charge in [0.15, 0.2) is 0 Å². The molecule has 4 nitrogen and oxygen atoms in total. The summed E-state index contributed by atoms with van der Waals surface area (Å²) >= 11 is 0. The maximum absolute atomic E-state index is 11.2. The number of carbonyl (C=O) groups is 1. The zero-order valence-electron chi connectivity index (χ0n) is 11.7. The van der Waals surface area contributed by atoms with Crippen molar-refractivity contribution < 1.29 is 14.6 Å². The number of hydrogen-bond acceptors (Lipinski definition) is 3. The van der Waals surface area contributed by atoms with Gasteiger partial charge in [-0.15, -0.1) is 0 Å². The largest absolute Gasteiger partial charge is 0.481 e. The van der Waals surface area contributed by atoms with Crippen LogP contribution in [-0.2, 0) is 9.53 Å². The van der Waals surface area contributed by atoms with E-state index >= 15 is 0 Å². The Kier molecular flexibility index (Phi) is 3.97. The van der Waals surface area contributed by atoms with Crippen molar-refractivity contribution in [3.05, 3.63) is 0 Å². The molecule has 2 rings (SSSR count). The fraction of sp³-hybridized carbons (Fsp3) is 0.929. The van der Waals surface area contributed by atoms with Crippen LogP contribution in [0.15, 0.2) is 0 Å². The lowest BCUT2D eigenvalue weighted by molar-refractivity contribution is -0.152. The molecule has 4 heteroatoms. The number of nitrogens with zero attached hydrogens (tertiary/aromatic N) is 1. The van der Waals surface area contributed by atoms with E-state index in [4.69, 9.17) is 4.74 Å². The van der Waals surface area contributed by atoms with Gasteiger partial charge in [-0.2, -0.15) is 0 Å². The number of piperidine rings is 1. The standard InChI is InChI=1S/C14H25NO3/c1-10-8-12(9-11(2)18-10)15-6-4-14(3,5-7-15)13(16)17/h10-12H,4-9H2,1-3H3,(H,16,17).